The van der Waals surface area contributed by atoms with Crippen LogP contribution in [0.1, 0.15) is 12.6 Å². The minimum atomic E-state index is -1.17. The van der Waals surface area contributed by atoms with E-state index in [1.54, 1.807) is 0 Å². The molecule has 78 valence electrons. The molecular formula is C6H15CaMgNO5. The number of hydrogen-bond acceptors (Lipinski definition) is 4. The number of carboxylic acids is 2. The molecule has 0 aliphatic heterocycles. The number of carbonyl (C=O) groups is 2. The fraction of sp³-hybridized carbons (Fsp3) is 0.667. The first-order chi connectivity index (χ1) is 5.43. The zero-order valence-electron chi connectivity index (χ0n) is 12.0. The predicted molar refractivity (Wildman–Crippen MR) is 54.5 cm³/mol. The van der Waals surface area contributed by atoms with E-state index in [9.17, 15) is 9.59 Å². The molecule has 1 atom stereocenters. The number of aliphatic hydroxyl groups excluding tert-OH is 1. The van der Waals surface area contributed by atoms with Gasteiger partial charge in [-0.15, -0.1) is 0 Å². The van der Waals surface area contributed by atoms with Crippen molar-refractivity contribution in [2.24, 2.45) is 0 Å². The molecule has 1 unspecified atom stereocenters. The first-order valence-corrected chi connectivity index (χ1v) is 3.29. The van der Waals surface area contributed by atoms with Gasteiger partial charge in [-0.2, -0.15) is 0 Å². The molecule has 0 amide bonds. The van der Waals surface area contributed by atoms with Crippen LogP contribution in [-0.4, -0.2) is 112 Å². The van der Waals surface area contributed by atoms with Crippen LogP contribution in [0.25, 0.3) is 0 Å². The third kappa shape index (κ3) is 11.0. The molecule has 0 rings (SSSR count). The molecule has 0 spiro atoms. The summed E-state index contributed by atoms with van der Waals surface area (Å²) in [5, 5.41) is 25.5. The summed E-state index contributed by atoms with van der Waals surface area (Å²) < 4.78 is 0. The molecule has 14 heavy (non-hydrogen) atoms. The van der Waals surface area contributed by atoms with Crippen molar-refractivity contribution in [1.29, 1.82) is 0 Å². The van der Waals surface area contributed by atoms with E-state index in [-0.39, 0.29) is 66.5 Å². The average molecular weight is 246 g/mol. The van der Waals surface area contributed by atoms with Crippen LogP contribution < -0.4 is 0 Å². The molecule has 0 radical (unpaired) electrons. The molecule has 6 nitrogen and oxygen atoms in total. The van der Waals surface area contributed by atoms with Crippen molar-refractivity contribution in [3.05, 3.63) is 0 Å². The van der Waals surface area contributed by atoms with Gasteiger partial charge in [0.2, 0.25) is 0 Å². The molecule has 8 heteroatoms. The summed E-state index contributed by atoms with van der Waals surface area (Å²) in [6.07, 6.45) is -1.07. The topological polar surface area (TPSA) is 98.1 Å². The van der Waals surface area contributed by atoms with Crippen LogP contribution in [0.4, 0.5) is 0 Å². The smallest absolute Gasteiger partial charge is 1.00 e. The zero-order chi connectivity index (χ0) is 9.72. The normalized spacial score (nSPS) is 11.1. The van der Waals surface area contributed by atoms with Gasteiger partial charge in [0.05, 0.1) is 13.1 Å². The number of rotatable bonds is 5. The third-order valence-corrected chi connectivity index (χ3v) is 1.21. The maximum atomic E-state index is 10.1. The summed E-state index contributed by atoms with van der Waals surface area (Å²) in [7, 11) is 0. The fourth-order valence-electron chi connectivity index (χ4n) is 0.668. The minimum absolute atomic E-state index is 0. The van der Waals surface area contributed by atoms with Gasteiger partial charge in [0.1, 0.15) is 6.23 Å². The van der Waals surface area contributed by atoms with Crippen molar-refractivity contribution < 1.29 is 30.6 Å². The van der Waals surface area contributed by atoms with Crippen LogP contribution >= 0.6 is 0 Å². The second-order valence-electron chi connectivity index (χ2n) is 2.32. The summed E-state index contributed by atoms with van der Waals surface area (Å²) >= 11 is 0. The maximum absolute atomic E-state index is 10.1. The zero-order valence-corrected chi connectivity index (χ0v) is 11.6. The van der Waals surface area contributed by atoms with Crippen molar-refractivity contribution in [3.8, 4) is 0 Å². The van der Waals surface area contributed by atoms with Gasteiger partial charge in [-0.3, -0.25) is 14.5 Å². The Hall–Kier alpha value is 0.886. The summed E-state index contributed by atoms with van der Waals surface area (Å²) in [6.45, 7) is 0.347. The molecule has 0 saturated heterocycles. The Bertz CT molecular complexity index is 187. The molecule has 0 aromatic heterocycles. The molecular weight excluding hydrogens is 230 g/mol. The summed E-state index contributed by atoms with van der Waals surface area (Å²) in [5.41, 5.74) is 0. The molecule has 0 fully saturated rings. The van der Waals surface area contributed by atoms with E-state index in [2.05, 4.69) is 0 Å². The fourth-order valence-corrected chi connectivity index (χ4v) is 0.668. The van der Waals surface area contributed by atoms with E-state index in [0.717, 1.165) is 4.90 Å². The molecule has 0 aliphatic rings. The van der Waals surface area contributed by atoms with E-state index < -0.39 is 31.3 Å². The van der Waals surface area contributed by atoms with E-state index in [4.69, 9.17) is 15.3 Å². The number of hydrogen-bond donors (Lipinski definition) is 3. The third-order valence-electron chi connectivity index (χ3n) is 1.21. The van der Waals surface area contributed by atoms with Crippen molar-refractivity contribution in [1.82, 2.24) is 4.90 Å². The van der Waals surface area contributed by atoms with Gasteiger partial charge >= 0.3 is 72.7 Å². The van der Waals surface area contributed by atoms with Gasteiger partial charge in [0, 0.05) is 0 Å². The van der Waals surface area contributed by atoms with Crippen LogP contribution in [0.15, 0.2) is 0 Å². The Kier molecular flexibility index (Phi) is 15.1. The number of nitrogens with zero attached hydrogens (tertiary/aromatic N) is 1. The number of carboxylic acid groups (broad SMARTS) is 2. The van der Waals surface area contributed by atoms with E-state index in [0.29, 0.717) is 0 Å². The van der Waals surface area contributed by atoms with Crippen LogP contribution in [0.5, 0.6) is 0 Å². The van der Waals surface area contributed by atoms with Gasteiger partial charge in [-0.25, -0.2) is 0 Å². The summed E-state index contributed by atoms with van der Waals surface area (Å²) in [4.78, 5) is 21.2. The van der Waals surface area contributed by atoms with E-state index >= 15 is 0 Å². The van der Waals surface area contributed by atoms with E-state index in [1.165, 1.54) is 6.92 Å². The Morgan fingerprint density at radius 2 is 1.57 bits per heavy atom. The molecule has 0 bridgehead atoms. The molecule has 0 saturated carbocycles. The second-order valence-corrected chi connectivity index (χ2v) is 2.32. The Labute approximate surface area is 133 Å². The monoisotopic (exact) mass is 245 g/mol. The SMILES string of the molecule is CC(O)N(CC(=O)O)CC(=O)O.[Ca+2].[H-].[H-].[H-].[H-].[Mg+2]. The van der Waals surface area contributed by atoms with Crippen LogP contribution in [-0.2, 0) is 9.59 Å². The first kappa shape index (κ1) is 20.3. The van der Waals surface area contributed by atoms with Gasteiger partial charge in [0.15, 0.2) is 0 Å². The molecule has 0 aromatic rings. The minimum Gasteiger partial charge on any atom is -1.00 e. The Morgan fingerprint density at radius 1 is 1.29 bits per heavy atom. The molecule has 0 aliphatic carbocycles. The number of aliphatic carboxylic acids is 2. The standard InChI is InChI=1S/C6H11NO5.Ca.Mg.4H/c1-4(8)7(2-5(9)10)3-6(11)12;;;;;;/h4,8H,2-3H2,1H3,(H,9,10)(H,11,12);;;;;;/q;2*+2;4*-1. The molecule has 3 N–H and O–H groups in total. The second kappa shape index (κ2) is 10.4. The van der Waals surface area contributed by atoms with Gasteiger partial charge in [-0.1, -0.05) is 0 Å². The average Bonchev–Trinajstić information content (AvgIpc) is 1.83. The maximum Gasteiger partial charge on any atom is 2.00 e. The summed E-state index contributed by atoms with van der Waals surface area (Å²) in [5.74, 6) is -2.34. The van der Waals surface area contributed by atoms with Crippen molar-refractivity contribution in [2.45, 2.75) is 13.2 Å². The van der Waals surface area contributed by atoms with Crippen LogP contribution in [0.2, 0.25) is 0 Å². The Morgan fingerprint density at radius 3 is 1.71 bits per heavy atom. The molecule has 0 aromatic carbocycles. The van der Waals surface area contributed by atoms with Crippen molar-refractivity contribution in [3.63, 3.8) is 0 Å². The largest absolute Gasteiger partial charge is 2.00 e. The van der Waals surface area contributed by atoms with Crippen molar-refractivity contribution >= 4 is 72.7 Å². The van der Waals surface area contributed by atoms with Gasteiger partial charge in [0.25, 0.3) is 0 Å². The van der Waals surface area contributed by atoms with E-state index in [1.807, 2.05) is 0 Å². The predicted octanol–water partition coefficient (Wildman–Crippen LogP) is -1.52. The van der Waals surface area contributed by atoms with Crippen molar-refractivity contribution in [2.75, 3.05) is 13.1 Å². The Balaban J connectivity index is -0.0000000403. The molecule has 0 heterocycles. The van der Waals surface area contributed by atoms with Gasteiger partial charge < -0.3 is 21.0 Å². The van der Waals surface area contributed by atoms with Gasteiger partial charge in [-0.05, 0) is 6.92 Å². The number of aliphatic hydroxyl groups is 1. The summed E-state index contributed by atoms with van der Waals surface area (Å²) in [6, 6.07) is 0. The van der Waals surface area contributed by atoms with Crippen LogP contribution in [0, 0.1) is 0 Å². The quantitative estimate of drug-likeness (QED) is 0.402. The first-order valence-electron chi connectivity index (χ1n) is 3.29. The van der Waals surface area contributed by atoms with Crippen LogP contribution in [0.3, 0.4) is 0 Å².